The number of aryl methyl sites for hydroxylation is 2. The van der Waals surface area contributed by atoms with Gasteiger partial charge < -0.3 is 10.1 Å². The number of para-hydroxylation sites is 1. The molecule has 3 aromatic rings. The summed E-state index contributed by atoms with van der Waals surface area (Å²) in [6, 6.07) is 20.8. The van der Waals surface area contributed by atoms with Gasteiger partial charge in [0.2, 0.25) is 0 Å². The average molecular weight is 461 g/mol. The van der Waals surface area contributed by atoms with E-state index in [-0.39, 0.29) is 10.7 Å². The van der Waals surface area contributed by atoms with Crippen LogP contribution in [0.3, 0.4) is 0 Å². The van der Waals surface area contributed by atoms with Gasteiger partial charge in [0.05, 0.1) is 11.3 Å². The fourth-order valence-corrected chi connectivity index (χ4v) is 3.69. The van der Waals surface area contributed by atoms with Gasteiger partial charge in [-0.1, -0.05) is 48.9 Å². The van der Waals surface area contributed by atoms with Gasteiger partial charge in [-0.05, 0) is 66.9 Å². The molecule has 0 unspecified atom stereocenters. The number of ether oxygens (including phenoxy) is 1. The SMILES string of the molecule is CCc1cccc(OC(=O)c2ccc(NC3=C(Cl)C(=O)N(c4ccccc4C)C3=O)cc2)c1. The summed E-state index contributed by atoms with van der Waals surface area (Å²) in [5.41, 5.74) is 3.15. The van der Waals surface area contributed by atoms with Crippen LogP contribution in [0.2, 0.25) is 0 Å². The topological polar surface area (TPSA) is 75.7 Å². The third kappa shape index (κ3) is 4.52. The largest absolute Gasteiger partial charge is 0.423 e. The average Bonchev–Trinajstić information content (AvgIpc) is 3.03. The number of nitrogens with one attached hydrogen (secondary N) is 1. The lowest BCUT2D eigenvalue weighted by Gasteiger charge is -2.17. The van der Waals surface area contributed by atoms with Gasteiger partial charge in [-0.3, -0.25) is 9.59 Å². The lowest BCUT2D eigenvalue weighted by atomic mass is 10.1. The number of carbonyl (C=O) groups is 3. The molecule has 0 spiro atoms. The second-order valence-electron chi connectivity index (χ2n) is 7.51. The molecule has 1 heterocycles. The second-order valence-corrected chi connectivity index (χ2v) is 7.89. The molecule has 0 aromatic heterocycles. The summed E-state index contributed by atoms with van der Waals surface area (Å²) < 4.78 is 5.44. The van der Waals surface area contributed by atoms with E-state index in [1.54, 1.807) is 42.5 Å². The van der Waals surface area contributed by atoms with E-state index >= 15 is 0 Å². The van der Waals surface area contributed by atoms with Crippen LogP contribution in [0.1, 0.15) is 28.4 Å². The molecule has 1 aliphatic rings. The van der Waals surface area contributed by atoms with Crippen LogP contribution in [-0.4, -0.2) is 17.8 Å². The van der Waals surface area contributed by atoms with Crippen LogP contribution in [0, 0.1) is 6.92 Å². The molecule has 0 radical (unpaired) electrons. The van der Waals surface area contributed by atoms with Gasteiger partial charge in [0.15, 0.2) is 0 Å². The zero-order valence-corrected chi connectivity index (χ0v) is 18.8. The van der Waals surface area contributed by atoms with E-state index in [0.29, 0.717) is 22.7 Å². The van der Waals surface area contributed by atoms with Crippen molar-refractivity contribution in [3.63, 3.8) is 0 Å². The maximum atomic E-state index is 12.9. The van der Waals surface area contributed by atoms with Gasteiger partial charge >= 0.3 is 5.97 Å². The van der Waals surface area contributed by atoms with E-state index in [1.807, 2.05) is 44.2 Å². The first-order valence-corrected chi connectivity index (χ1v) is 10.8. The molecule has 6 nitrogen and oxygen atoms in total. The first-order chi connectivity index (χ1) is 15.9. The number of esters is 1. The summed E-state index contributed by atoms with van der Waals surface area (Å²) in [5.74, 6) is -1.15. The summed E-state index contributed by atoms with van der Waals surface area (Å²) >= 11 is 6.20. The van der Waals surface area contributed by atoms with Crippen LogP contribution in [0.4, 0.5) is 11.4 Å². The van der Waals surface area contributed by atoms with Crippen LogP contribution >= 0.6 is 11.6 Å². The van der Waals surface area contributed by atoms with E-state index in [1.165, 1.54) is 0 Å². The molecule has 7 heteroatoms. The molecule has 0 saturated heterocycles. The Labute approximate surface area is 196 Å². The quantitative estimate of drug-likeness (QED) is 0.310. The summed E-state index contributed by atoms with van der Waals surface area (Å²) in [4.78, 5) is 39.1. The Morgan fingerprint density at radius 1 is 0.970 bits per heavy atom. The highest BCUT2D eigenvalue weighted by molar-refractivity contribution is 6.53. The molecule has 3 aromatic carbocycles. The van der Waals surface area contributed by atoms with E-state index in [9.17, 15) is 14.4 Å². The number of halogens is 1. The van der Waals surface area contributed by atoms with Crippen molar-refractivity contribution in [1.29, 1.82) is 0 Å². The molecule has 0 fully saturated rings. The maximum Gasteiger partial charge on any atom is 0.343 e. The minimum absolute atomic E-state index is 0.0170. The van der Waals surface area contributed by atoms with E-state index in [0.717, 1.165) is 22.4 Å². The van der Waals surface area contributed by atoms with Crippen molar-refractivity contribution in [3.05, 3.63) is 100 Å². The number of benzene rings is 3. The van der Waals surface area contributed by atoms with Gasteiger partial charge in [0.25, 0.3) is 11.8 Å². The molecule has 0 saturated carbocycles. The number of hydrogen-bond acceptors (Lipinski definition) is 5. The number of anilines is 2. The van der Waals surface area contributed by atoms with Gasteiger partial charge in [-0.2, -0.15) is 0 Å². The Morgan fingerprint density at radius 3 is 2.39 bits per heavy atom. The number of rotatable bonds is 6. The van der Waals surface area contributed by atoms with Gasteiger partial charge in [-0.15, -0.1) is 0 Å². The molecule has 166 valence electrons. The second kappa shape index (κ2) is 9.30. The summed E-state index contributed by atoms with van der Waals surface area (Å²) in [5, 5.41) is 2.71. The normalized spacial score (nSPS) is 13.5. The predicted molar refractivity (Wildman–Crippen MR) is 127 cm³/mol. The lowest BCUT2D eigenvalue weighted by molar-refractivity contribution is -0.120. The summed E-state index contributed by atoms with van der Waals surface area (Å²) in [7, 11) is 0. The first kappa shape index (κ1) is 22.3. The maximum absolute atomic E-state index is 12.9. The van der Waals surface area contributed by atoms with Gasteiger partial charge in [-0.25, -0.2) is 9.69 Å². The van der Waals surface area contributed by atoms with E-state index in [4.69, 9.17) is 16.3 Å². The third-order valence-electron chi connectivity index (χ3n) is 5.29. The van der Waals surface area contributed by atoms with Crippen LogP contribution in [0.15, 0.2) is 83.5 Å². The fraction of sp³-hybridized carbons (Fsp3) is 0.115. The monoisotopic (exact) mass is 460 g/mol. The molecule has 1 N–H and O–H groups in total. The molecule has 1 aliphatic heterocycles. The highest BCUT2D eigenvalue weighted by Gasteiger charge is 2.39. The van der Waals surface area contributed by atoms with Crippen molar-refractivity contribution in [1.82, 2.24) is 0 Å². The number of hydrogen-bond donors (Lipinski definition) is 1. The Hall–Kier alpha value is -3.90. The van der Waals surface area contributed by atoms with Crippen LogP contribution in [-0.2, 0) is 16.0 Å². The Morgan fingerprint density at radius 2 is 1.70 bits per heavy atom. The standard InChI is InChI=1S/C26H21ClN2O4/c1-3-17-8-6-9-20(15-17)33-26(32)18-11-13-19(14-12-18)28-23-22(27)24(30)29(25(23)31)21-10-5-4-7-16(21)2/h4-15,28H,3H2,1-2H3. The van der Waals surface area contributed by atoms with Crippen LogP contribution in [0.25, 0.3) is 0 Å². The molecule has 4 rings (SSSR count). The van der Waals surface area contributed by atoms with Gasteiger partial charge in [0.1, 0.15) is 16.5 Å². The molecule has 2 amide bonds. The van der Waals surface area contributed by atoms with Crippen molar-refractivity contribution < 1.29 is 19.1 Å². The minimum atomic E-state index is -0.590. The van der Waals surface area contributed by atoms with Crippen LogP contribution < -0.4 is 15.0 Å². The Bertz CT molecular complexity index is 1280. The number of amides is 2. The molecule has 0 aliphatic carbocycles. The molecular formula is C26H21ClN2O4. The lowest BCUT2D eigenvalue weighted by Crippen LogP contribution is -2.32. The molecule has 0 bridgehead atoms. The summed E-state index contributed by atoms with van der Waals surface area (Å²) in [6.07, 6.45) is 0.840. The number of imide groups is 1. The Balaban J connectivity index is 1.48. The van der Waals surface area contributed by atoms with Crippen LogP contribution in [0.5, 0.6) is 5.75 Å². The highest BCUT2D eigenvalue weighted by atomic mass is 35.5. The molecule has 0 atom stereocenters. The van der Waals surface area contributed by atoms with Crippen molar-refractivity contribution in [2.24, 2.45) is 0 Å². The molecule has 33 heavy (non-hydrogen) atoms. The molecular weight excluding hydrogens is 440 g/mol. The number of nitrogens with zero attached hydrogens (tertiary/aromatic N) is 1. The zero-order valence-electron chi connectivity index (χ0n) is 18.1. The van der Waals surface area contributed by atoms with Crippen molar-refractivity contribution in [2.75, 3.05) is 10.2 Å². The minimum Gasteiger partial charge on any atom is -0.423 e. The van der Waals surface area contributed by atoms with Crippen molar-refractivity contribution in [2.45, 2.75) is 20.3 Å². The zero-order chi connectivity index (χ0) is 23.5. The Kier molecular flexibility index (Phi) is 6.29. The highest BCUT2D eigenvalue weighted by Crippen LogP contribution is 2.31. The first-order valence-electron chi connectivity index (χ1n) is 10.4. The number of carbonyl (C=O) groups excluding carboxylic acids is 3. The van der Waals surface area contributed by atoms with E-state index in [2.05, 4.69) is 5.32 Å². The van der Waals surface area contributed by atoms with E-state index < -0.39 is 17.8 Å². The smallest absolute Gasteiger partial charge is 0.343 e. The summed E-state index contributed by atoms with van der Waals surface area (Å²) in [6.45, 7) is 3.84. The predicted octanol–water partition coefficient (Wildman–Crippen LogP) is 5.21. The van der Waals surface area contributed by atoms with Crippen molar-refractivity contribution in [3.8, 4) is 5.75 Å². The fourth-order valence-electron chi connectivity index (χ4n) is 3.47. The van der Waals surface area contributed by atoms with Gasteiger partial charge in [0, 0.05) is 5.69 Å². The third-order valence-corrected chi connectivity index (χ3v) is 5.64. The van der Waals surface area contributed by atoms with Crippen molar-refractivity contribution >= 4 is 40.8 Å².